The number of sulfonamides is 1. The second-order valence-corrected chi connectivity index (χ2v) is 8.01. The van der Waals surface area contributed by atoms with Crippen molar-refractivity contribution in [1.29, 1.82) is 0 Å². The average Bonchev–Trinajstić information content (AvgIpc) is 3.46. The molecule has 1 atom stereocenters. The quantitative estimate of drug-likeness (QED) is 0.709. The van der Waals surface area contributed by atoms with Crippen LogP contribution >= 0.6 is 0 Å². The van der Waals surface area contributed by atoms with Crippen LogP contribution < -0.4 is 10.0 Å². The number of carbonyl (C=O) groups excluding carboxylic acids is 2. The van der Waals surface area contributed by atoms with Gasteiger partial charge in [-0.05, 0) is 50.1 Å². The van der Waals surface area contributed by atoms with Crippen LogP contribution in [-0.2, 0) is 19.6 Å². The third kappa shape index (κ3) is 5.07. The van der Waals surface area contributed by atoms with Gasteiger partial charge in [-0.3, -0.25) is 9.52 Å². The first-order valence-electron chi connectivity index (χ1n) is 8.54. The molecule has 0 heterocycles. The minimum atomic E-state index is -3.77. The number of hydrogen-bond donors (Lipinski definition) is 2. The Hall–Kier alpha value is -2.87. The summed E-state index contributed by atoms with van der Waals surface area (Å²) in [5, 5.41) is 2.76. The molecule has 1 aliphatic rings. The summed E-state index contributed by atoms with van der Waals surface area (Å²) in [5.41, 5.74) is 0.373. The average molecular weight is 388 g/mol. The second kappa shape index (κ2) is 7.79. The zero-order chi connectivity index (χ0) is 19.4. The summed E-state index contributed by atoms with van der Waals surface area (Å²) < 4.78 is 32.4. The number of amides is 1. The first-order valence-corrected chi connectivity index (χ1v) is 10.0. The summed E-state index contributed by atoms with van der Waals surface area (Å²) in [5.74, 6) is -1.04. The van der Waals surface area contributed by atoms with Gasteiger partial charge in [-0.2, -0.15) is 0 Å². The van der Waals surface area contributed by atoms with Gasteiger partial charge in [0, 0.05) is 11.7 Å². The lowest BCUT2D eigenvalue weighted by Gasteiger charge is -2.14. The summed E-state index contributed by atoms with van der Waals surface area (Å²) in [6.07, 6.45) is 0.953. The molecule has 0 saturated heterocycles. The van der Waals surface area contributed by atoms with Crippen molar-refractivity contribution in [2.45, 2.75) is 36.8 Å². The van der Waals surface area contributed by atoms with Crippen molar-refractivity contribution in [2.24, 2.45) is 0 Å². The van der Waals surface area contributed by atoms with Crippen LogP contribution in [0, 0.1) is 0 Å². The van der Waals surface area contributed by atoms with E-state index in [2.05, 4.69) is 10.0 Å². The summed E-state index contributed by atoms with van der Waals surface area (Å²) >= 11 is 0. The van der Waals surface area contributed by atoms with Crippen molar-refractivity contribution < 1.29 is 22.7 Å². The molecule has 0 spiro atoms. The Morgan fingerprint density at radius 2 is 1.78 bits per heavy atom. The minimum absolute atomic E-state index is 0.114. The minimum Gasteiger partial charge on any atom is -0.449 e. The normalized spacial score (nSPS) is 14.9. The highest BCUT2D eigenvalue weighted by molar-refractivity contribution is 7.92. The van der Waals surface area contributed by atoms with E-state index in [9.17, 15) is 18.0 Å². The SMILES string of the molecule is C[C@H](OC(=O)c1cccc(NS(=O)(=O)c2ccccc2)c1)C(=O)NC1CC1. The van der Waals surface area contributed by atoms with Gasteiger partial charge in [0.1, 0.15) is 0 Å². The Bertz CT molecular complexity index is 940. The van der Waals surface area contributed by atoms with Crippen LogP contribution in [0.2, 0.25) is 0 Å². The highest BCUT2D eigenvalue weighted by atomic mass is 32.2. The van der Waals surface area contributed by atoms with Crippen LogP contribution in [0.4, 0.5) is 5.69 Å². The Morgan fingerprint density at radius 1 is 1.07 bits per heavy atom. The van der Waals surface area contributed by atoms with Crippen LogP contribution in [-0.4, -0.2) is 32.4 Å². The monoisotopic (exact) mass is 388 g/mol. The number of nitrogens with one attached hydrogen (secondary N) is 2. The third-order valence-corrected chi connectivity index (χ3v) is 5.38. The van der Waals surface area contributed by atoms with Crippen molar-refractivity contribution in [3.8, 4) is 0 Å². The van der Waals surface area contributed by atoms with Crippen molar-refractivity contribution >= 4 is 27.6 Å². The van der Waals surface area contributed by atoms with Crippen molar-refractivity contribution in [2.75, 3.05) is 4.72 Å². The number of carbonyl (C=O) groups is 2. The van der Waals surface area contributed by atoms with E-state index in [1.165, 1.54) is 43.3 Å². The predicted octanol–water partition coefficient (Wildman–Crippen LogP) is 2.31. The largest absolute Gasteiger partial charge is 0.449 e. The number of benzene rings is 2. The van der Waals surface area contributed by atoms with Gasteiger partial charge in [-0.15, -0.1) is 0 Å². The molecular formula is C19H20N2O5S. The van der Waals surface area contributed by atoms with Gasteiger partial charge in [0.15, 0.2) is 6.10 Å². The van der Waals surface area contributed by atoms with E-state index in [0.717, 1.165) is 12.8 Å². The molecule has 1 aliphatic carbocycles. The first-order chi connectivity index (χ1) is 12.8. The highest BCUT2D eigenvalue weighted by Gasteiger charge is 2.27. The molecule has 1 amide bonds. The zero-order valence-electron chi connectivity index (χ0n) is 14.7. The van der Waals surface area contributed by atoms with Crippen LogP contribution in [0.5, 0.6) is 0 Å². The second-order valence-electron chi connectivity index (χ2n) is 6.33. The van der Waals surface area contributed by atoms with E-state index in [0.29, 0.717) is 0 Å². The number of esters is 1. The maximum atomic E-state index is 12.4. The zero-order valence-corrected chi connectivity index (χ0v) is 15.5. The van der Waals surface area contributed by atoms with Crippen LogP contribution in [0.1, 0.15) is 30.1 Å². The molecule has 0 unspecified atom stereocenters. The Kier molecular flexibility index (Phi) is 5.46. The number of ether oxygens (including phenoxy) is 1. The molecule has 8 heteroatoms. The van der Waals surface area contributed by atoms with Crippen molar-refractivity contribution in [3.05, 3.63) is 60.2 Å². The number of rotatable bonds is 7. The highest BCUT2D eigenvalue weighted by Crippen LogP contribution is 2.20. The van der Waals surface area contributed by atoms with E-state index in [1.807, 2.05) is 0 Å². The number of anilines is 1. The molecule has 27 heavy (non-hydrogen) atoms. The van der Waals surface area contributed by atoms with Gasteiger partial charge < -0.3 is 10.1 Å². The summed E-state index contributed by atoms with van der Waals surface area (Å²) in [6, 6.07) is 14.0. The fraction of sp³-hybridized carbons (Fsp3) is 0.263. The van der Waals surface area contributed by atoms with Gasteiger partial charge in [0.25, 0.3) is 15.9 Å². The lowest BCUT2D eigenvalue weighted by Crippen LogP contribution is -2.37. The van der Waals surface area contributed by atoms with Crippen LogP contribution in [0.15, 0.2) is 59.5 Å². The van der Waals surface area contributed by atoms with E-state index >= 15 is 0 Å². The molecule has 0 aromatic heterocycles. The molecule has 1 saturated carbocycles. The molecule has 0 bridgehead atoms. The van der Waals surface area contributed by atoms with E-state index in [-0.39, 0.29) is 28.1 Å². The van der Waals surface area contributed by atoms with Gasteiger partial charge in [-0.25, -0.2) is 13.2 Å². The lowest BCUT2D eigenvalue weighted by molar-refractivity contribution is -0.129. The molecule has 1 fully saturated rings. The van der Waals surface area contributed by atoms with Gasteiger partial charge in [-0.1, -0.05) is 24.3 Å². The molecular weight excluding hydrogens is 368 g/mol. The summed E-state index contributed by atoms with van der Waals surface area (Å²) in [4.78, 5) is 24.3. The fourth-order valence-corrected chi connectivity index (χ4v) is 3.42. The van der Waals surface area contributed by atoms with Crippen LogP contribution in [0.25, 0.3) is 0 Å². The van der Waals surface area contributed by atoms with E-state index in [4.69, 9.17) is 4.74 Å². The topological polar surface area (TPSA) is 102 Å². The van der Waals surface area contributed by atoms with E-state index < -0.39 is 22.1 Å². The summed E-state index contributed by atoms with van der Waals surface area (Å²) in [6.45, 7) is 1.50. The van der Waals surface area contributed by atoms with Crippen LogP contribution in [0.3, 0.4) is 0 Å². The molecule has 2 aromatic rings. The molecule has 0 aliphatic heterocycles. The maximum Gasteiger partial charge on any atom is 0.338 e. The predicted molar refractivity (Wildman–Crippen MR) is 99.7 cm³/mol. The van der Waals surface area contributed by atoms with Gasteiger partial charge in [0.05, 0.1) is 10.5 Å². The standard InChI is InChI=1S/C19H20N2O5S/c1-13(18(22)20-15-10-11-15)26-19(23)14-6-5-7-16(12-14)21-27(24,25)17-8-3-2-4-9-17/h2-9,12-13,15,21H,10-11H2,1H3,(H,20,22)/t13-/m0/s1. The smallest absolute Gasteiger partial charge is 0.338 e. The summed E-state index contributed by atoms with van der Waals surface area (Å²) in [7, 11) is -3.77. The third-order valence-electron chi connectivity index (χ3n) is 3.98. The maximum absolute atomic E-state index is 12.4. The molecule has 2 aromatic carbocycles. The molecule has 0 radical (unpaired) electrons. The fourth-order valence-electron chi connectivity index (χ4n) is 2.35. The van der Waals surface area contributed by atoms with Gasteiger partial charge >= 0.3 is 5.97 Å². The van der Waals surface area contributed by atoms with E-state index in [1.54, 1.807) is 18.2 Å². The Labute approximate surface area is 157 Å². The molecule has 2 N–H and O–H groups in total. The number of hydrogen-bond acceptors (Lipinski definition) is 5. The molecule has 3 rings (SSSR count). The first kappa shape index (κ1) is 18.9. The van der Waals surface area contributed by atoms with Gasteiger partial charge in [0.2, 0.25) is 0 Å². The molecule has 7 nitrogen and oxygen atoms in total. The Morgan fingerprint density at radius 3 is 2.44 bits per heavy atom. The van der Waals surface area contributed by atoms with Crippen molar-refractivity contribution in [1.82, 2.24) is 5.32 Å². The molecule has 142 valence electrons. The Balaban J connectivity index is 1.67. The van der Waals surface area contributed by atoms with Crippen molar-refractivity contribution in [3.63, 3.8) is 0 Å². The lowest BCUT2D eigenvalue weighted by atomic mass is 10.2.